The second kappa shape index (κ2) is 6.51. The van der Waals surface area contributed by atoms with Crippen molar-refractivity contribution in [2.75, 3.05) is 0 Å². The second-order valence-electron chi connectivity index (χ2n) is 5.19. The molecule has 0 saturated heterocycles. The van der Waals surface area contributed by atoms with E-state index >= 15 is 0 Å². The zero-order valence-electron chi connectivity index (χ0n) is 10.2. The van der Waals surface area contributed by atoms with Crippen molar-refractivity contribution in [2.45, 2.75) is 70.9 Å². The van der Waals surface area contributed by atoms with Gasteiger partial charge in [-0.3, -0.25) is 0 Å². The summed E-state index contributed by atoms with van der Waals surface area (Å²) in [7, 11) is 0. The van der Waals surface area contributed by atoms with Gasteiger partial charge in [-0.05, 0) is 24.7 Å². The molecule has 0 bridgehead atoms. The number of halogens is 3. The molecule has 0 amide bonds. The molecule has 2 unspecified atom stereocenters. The van der Waals surface area contributed by atoms with Crippen LogP contribution in [0.15, 0.2) is 0 Å². The normalized spacial score (nSPS) is 27.0. The standard InChI is InChI=1S/C13H23F3/c1-2-5-11-6-3-7-12(10-11)8-4-9-13(14,15)16/h11-12H,2-10H2,1H3. The SMILES string of the molecule is CCCC1CCCC(CCCC(F)(F)F)C1. The van der Waals surface area contributed by atoms with Gasteiger partial charge in [-0.2, -0.15) is 13.2 Å². The predicted octanol–water partition coefficient (Wildman–Crippen LogP) is 5.33. The molecule has 1 saturated carbocycles. The monoisotopic (exact) mass is 236 g/mol. The van der Waals surface area contributed by atoms with Gasteiger partial charge in [-0.25, -0.2) is 0 Å². The summed E-state index contributed by atoms with van der Waals surface area (Å²) in [6.45, 7) is 2.19. The highest BCUT2D eigenvalue weighted by atomic mass is 19.4. The molecule has 3 heteroatoms. The molecule has 0 aromatic heterocycles. The first-order valence-electron chi connectivity index (χ1n) is 6.58. The number of rotatable bonds is 5. The molecule has 0 aromatic carbocycles. The Hall–Kier alpha value is -0.210. The highest BCUT2D eigenvalue weighted by Gasteiger charge is 2.27. The van der Waals surface area contributed by atoms with Crippen LogP contribution in [0.5, 0.6) is 0 Å². The predicted molar refractivity (Wildman–Crippen MR) is 60.3 cm³/mol. The largest absolute Gasteiger partial charge is 0.389 e. The van der Waals surface area contributed by atoms with E-state index in [1.165, 1.54) is 32.1 Å². The van der Waals surface area contributed by atoms with Crippen molar-refractivity contribution in [3.05, 3.63) is 0 Å². The quantitative estimate of drug-likeness (QED) is 0.605. The Bertz CT molecular complexity index is 184. The molecular weight excluding hydrogens is 213 g/mol. The van der Waals surface area contributed by atoms with Crippen molar-refractivity contribution < 1.29 is 13.2 Å². The van der Waals surface area contributed by atoms with Gasteiger partial charge < -0.3 is 0 Å². The van der Waals surface area contributed by atoms with E-state index < -0.39 is 12.6 Å². The smallest absolute Gasteiger partial charge is 0.171 e. The van der Waals surface area contributed by atoms with Crippen molar-refractivity contribution in [1.82, 2.24) is 0 Å². The highest BCUT2D eigenvalue weighted by molar-refractivity contribution is 4.73. The van der Waals surface area contributed by atoms with Crippen LogP contribution in [0, 0.1) is 11.8 Å². The molecule has 0 N–H and O–H groups in total. The summed E-state index contributed by atoms with van der Waals surface area (Å²) in [6, 6.07) is 0. The van der Waals surface area contributed by atoms with Crippen LogP contribution in [0.1, 0.15) is 64.7 Å². The maximum absolute atomic E-state index is 12.0. The van der Waals surface area contributed by atoms with Gasteiger partial charge in [0.25, 0.3) is 0 Å². The summed E-state index contributed by atoms with van der Waals surface area (Å²) in [4.78, 5) is 0. The van der Waals surface area contributed by atoms with Gasteiger partial charge in [-0.15, -0.1) is 0 Å². The van der Waals surface area contributed by atoms with Crippen LogP contribution in [-0.2, 0) is 0 Å². The first-order valence-corrected chi connectivity index (χ1v) is 6.58. The zero-order valence-corrected chi connectivity index (χ0v) is 10.2. The molecule has 0 spiro atoms. The summed E-state index contributed by atoms with van der Waals surface area (Å²) in [5.74, 6) is 1.35. The van der Waals surface area contributed by atoms with E-state index in [4.69, 9.17) is 0 Å². The number of hydrogen-bond donors (Lipinski definition) is 0. The van der Waals surface area contributed by atoms with Gasteiger partial charge in [-0.1, -0.05) is 45.4 Å². The van der Waals surface area contributed by atoms with Crippen molar-refractivity contribution in [1.29, 1.82) is 0 Å². The molecule has 16 heavy (non-hydrogen) atoms. The van der Waals surface area contributed by atoms with Crippen LogP contribution in [0.4, 0.5) is 13.2 Å². The summed E-state index contributed by atoms with van der Waals surface area (Å²) in [5, 5.41) is 0. The van der Waals surface area contributed by atoms with E-state index in [0.717, 1.165) is 18.8 Å². The lowest BCUT2D eigenvalue weighted by atomic mass is 9.77. The fourth-order valence-corrected chi connectivity index (χ4v) is 2.93. The third kappa shape index (κ3) is 5.76. The third-order valence-corrected chi connectivity index (χ3v) is 3.66. The first kappa shape index (κ1) is 13.9. The Morgan fingerprint density at radius 1 is 1.06 bits per heavy atom. The summed E-state index contributed by atoms with van der Waals surface area (Å²) in [6.07, 6.45) is 3.86. The van der Waals surface area contributed by atoms with Crippen molar-refractivity contribution in [3.63, 3.8) is 0 Å². The minimum absolute atomic E-state index is 0.326. The second-order valence-corrected chi connectivity index (χ2v) is 5.19. The molecule has 0 aliphatic heterocycles. The van der Waals surface area contributed by atoms with Gasteiger partial charge in [0.1, 0.15) is 0 Å². The minimum atomic E-state index is -3.96. The Morgan fingerprint density at radius 2 is 1.69 bits per heavy atom. The summed E-state index contributed by atoms with van der Waals surface area (Å²) in [5.41, 5.74) is 0. The van der Waals surface area contributed by atoms with Crippen LogP contribution in [0.3, 0.4) is 0 Å². The lowest BCUT2D eigenvalue weighted by Crippen LogP contribution is -2.16. The van der Waals surface area contributed by atoms with Crippen LogP contribution < -0.4 is 0 Å². The zero-order chi connectivity index (χ0) is 12.0. The molecule has 96 valence electrons. The van der Waals surface area contributed by atoms with E-state index in [9.17, 15) is 13.2 Å². The van der Waals surface area contributed by atoms with E-state index in [1.54, 1.807) is 0 Å². The molecule has 0 radical (unpaired) electrons. The molecule has 2 atom stereocenters. The van der Waals surface area contributed by atoms with Crippen LogP contribution in [0.2, 0.25) is 0 Å². The first-order chi connectivity index (χ1) is 7.51. The average molecular weight is 236 g/mol. The molecule has 1 aliphatic carbocycles. The van der Waals surface area contributed by atoms with Gasteiger partial charge in [0.2, 0.25) is 0 Å². The Balaban J connectivity index is 2.16. The molecule has 1 fully saturated rings. The fourth-order valence-electron chi connectivity index (χ4n) is 2.93. The van der Waals surface area contributed by atoms with Gasteiger partial charge in [0, 0.05) is 6.42 Å². The Morgan fingerprint density at radius 3 is 2.25 bits per heavy atom. The molecule has 1 rings (SSSR count). The van der Waals surface area contributed by atoms with Gasteiger partial charge in [0.05, 0.1) is 0 Å². The maximum atomic E-state index is 12.0. The molecular formula is C13H23F3. The van der Waals surface area contributed by atoms with E-state index in [-0.39, 0.29) is 0 Å². The molecule has 0 nitrogen and oxygen atoms in total. The number of alkyl halides is 3. The summed E-state index contributed by atoms with van der Waals surface area (Å²) >= 11 is 0. The highest BCUT2D eigenvalue weighted by Crippen LogP contribution is 2.35. The molecule has 1 aliphatic rings. The average Bonchev–Trinajstić information content (AvgIpc) is 2.17. The fraction of sp³-hybridized carbons (Fsp3) is 1.00. The maximum Gasteiger partial charge on any atom is 0.389 e. The molecule has 0 aromatic rings. The van der Waals surface area contributed by atoms with E-state index in [2.05, 4.69) is 6.92 Å². The lowest BCUT2D eigenvalue weighted by Gasteiger charge is -2.29. The van der Waals surface area contributed by atoms with Crippen LogP contribution in [-0.4, -0.2) is 6.18 Å². The van der Waals surface area contributed by atoms with E-state index in [1.807, 2.05) is 0 Å². The van der Waals surface area contributed by atoms with Gasteiger partial charge >= 0.3 is 6.18 Å². The molecule has 0 heterocycles. The van der Waals surface area contributed by atoms with E-state index in [0.29, 0.717) is 12.3 Å². The van der Waals surface area contributed by atoms with Crippen molar-refractivity contribution >= 4 is 0 Å². The third-order valence-electron chi connectivity index (χ3n) is 3.66. The van der Waals surface area contributed by atoms with Crippen LogP contribution >= 0.6 is 0 Å². The van der Waals surface area contributed by atoms with Crippen molar-refractivity contribution in [3.8, 4) is 0 Å². The van der Waals surface area contributed by atoms with Gasteiger partial charge in [0.15, 0.2) is 0 Å². The lowest BCUT2D eigenvalue weighted by molar-refractivity contribution is -0.136. The Kier molecular flexibility index (Phi) is 5.63. The number of hydrogen-bond acceptors (Lipinski definition) is 0. The topological polar surface area (TPSA) is 0 Å². The summed E-state index contributed by atoms with van der Waals surface area (Å²) < 4.78 is 36.0. The Labute approximate surface area is 96.6 Å². The minimum Gasteiger partial charge on any atom is -0.171 e. The van der Waals surface area contributed by atoms with Crippen LogP contribution in [0.25, 0.3) is 0 Å². The van der Waals surface area contributed by atoms with Crippen molar-refractivity contribution in [2.24, 2.45) is 11.8 Å².